The van der Waals surface area contributed by atoms with Crippen LogP contribution in [0.1, 0.15) is 30.9 Å². The van der Waals surface area contributed by atoms with E-state index in [9.17, 15) is 4.79 Å². The molecule has 0 saturated heterocycles. The number of carbonyl (C=O) groups is 1. The molecule has 19 heavy (non-hydrogen) atoms. The summed E-state index contributed by atoms with van der Waals surface area (Å²) in [6.45, 7) is 1.63. The lowest BCUT2D eigenvalue weighted by Crippen LogP contribution is -2.34. The van der Waals surface area contributed by atoms with Gasteiger partial charge in [-0.05, 0) is 49.9 Å². The van der Waals surface area contributed by atoms with Gasteiger partial charge in [0.05, 0.1) is 6.04 Å². The standard InChI is InChI=1S/C17H21NO/c1-13(19)17(18-2)12-14-8-10-16(11-9-14)15-6-4-3-5-7-15/h4,6-11,17-18H,3,5,12H2,1-2H3. The molecular formula is C17H21NO. The number of ketones is 1. The number of carbonyl (C=O) groups excluding carboxylic acids is 1. The molecule has 2 nitrogen and oxygen atoms in total. The van der Waals surface area contributed by atoms with Crippen LogP contribution in [0, 0.1) is 0 Å². The van der Waals surface area contributed by atoms with Gasteiger partial charge in [0.25, 0.3) is 0 Å². The number of nitrogens with one attached hydrogen (secondary N) is 1. The van der Waals surface area contributed by atoms with E-state index in [1.807, 2.05) is 7.05 Å². The molecule has 0 aromatic heterocycles. The molecule has 1 aromatic rings. The predicted molar refractivity (Wildman–Crippen MR) is 80.0 cm³/mol. The first kappa shape index (κ1) is 13.8. The molecule has 0 heterocycles. The monoisotopic (exact) mass is 255 g/mol. The van der Waals surface area contributed by atoms with E-state index in [1.54, 1.807) is 6.92 Å². The second-order valence-electron chi connectivity index (χ2n) is 4.99. The SMILES string of the molecule is CNC(Cc1ccc(C2=CCCC=C2)cc1)C(C)=O. The predicted octanol–water partition coefficient (Wildman–Crippen LogP) is 3.14. The molecule has 100 valence electrons. The van der Waals surface area contributed by atoms with Gasteiger partial charge in [0, 0.05) is 0 Å². The van der Waals surface area contributed by atoms with Crippen LogP contribution in [0.25, 0.3) is 5.57 Å². The molecule has 0 bridgehead atoms. The third kappa shape index (κ3) is 3.65. The quantitative estimate of drug-likeness (QED) is 0.875. The molecule has 0 aliphatic heterocycles. The summed E-state index contributed by atoms with van der Waals surface area (Å²) in [7, 11) is 1.83. The van der Waals surface area contributed by atoms with Gasteiger partial charge in [-0.15, -0.1) is 0 Å². The van der Waals surface area contributed by atoms with Crippen LogP contribution in [0.4, 0.5) is 0 Å². The average molecular weight is 255 g/mol. The number of rotatable bonds is 5. The summed E-state index contributed by atoms with van der Waals surface area (Å²) in [4.78, 5) is 11.4. The lowest BCUT2D eigenvalue weighted by atomic mass is 9.96. The number of likely N-dealkylation sites (N-methyl/N-ethyl adjacent to an activating group) is 1. The minimum atomic E-state index is -0.0837. The average Bonchev–Trinajstić information content (AvgIpc) is 2.46. The van der Waals surface area contributed by atoms with Crippen LogP contribution in [0.3, 0.4) is 0 Å². The van der Waals surface area contributed by atoms with E-state index >= 15 is 0 Å². The van der Waals surface area contributed by atoms with Crippen molar-refractivity contribution >= 4 is 11.4 Å². The second-order valence-corrected chi connectivity index (χ2v) is 4.99. The summed E-state index contributed by atoms with van der Waals surface area (Å²) < 4.78 is 0. The van der Waals surface area contributed by atoms with Crippen molar-refractivity contribution in [2.24, 2.45) is 0 Å². The van der Waals surface area contributed by atoms with E-state index in [2.05, 4.69) is 47.8 Å². The van der Waals surface area contributed by atoms with Gasteiger partial charge in [0.2, 0.25) is 0 Å². The van der Waals surface area contributed by atoms with Crippen LogP contribution in [-0.4, -0.2) is 18.9 Å². The molecule has 0 saturated carbocycles. The highest BCUT2D eigenvalue weighted by molar-refractivity contribution is 5.81. The van der Waals surface area contributed by atoms with Crippen molar-refractivity contribution in [2.75, 3.05) is 7.05 Å². The smallest absolute Gasteiger partial charge is 0.147 e. The van der Waals surface area contributed by atoms with Crippen LogP contribution in [-0.2, 0) is 11.2 Å². The molecular weight excluding hydrogens is 234 g/mol. The van der Waals surface area contributed by atoms with Crippen molar-refractivity contribution in [2.45, 2.75) is 32.2 Å². The first-order valence-electron chi connectivity index (χ1n) is 6.84. The zero-order valence-electron chi connectivity index (χ0n) is 11.6. The minimum Gasteiger partial charge on any atom is -0.310 e. The number of hydrogen-bond acceptors (Lipinski definition) is 2. The molecule has 1 aliphatic rings. The fourth-order valence-electron chi connectivity index (χ4n) is 2.35. The summed E-state index contributed by atoms with van der Waals surface area (Å²) in [5.41, 5.74) is 3.75. The Morgan fingerprint density at radius 3 is 2.53 bits per heavy atom. The van der Waals surface area contributed by atoms with Crippen molar-refractivity contribution < 1.29 is 4.79 Å². The summed E-state index contributed by atoms with van der Waals surface area (Å²) in [6, 6.07) is 8.44. The lowest BCUT2D eigenvalue weighted by Gasteiger charge is -2.13. The van der Waals surface area contributed by atoms with Gasteiger partial charge < -0.3 is 5.32 Å². The molecule has 0 radical (unpaired) electrons. The molecule has 0 amide bonds. The molecule has 0 spiro atoms. The summed E-state index contributed by atoms with van der Waals surface area (Å²) >= 11 is 0. The zero-order chi connectivity index (χ0) is 13.7. The number of hydrogen-bond donors (Lipinski definition) is 1. The van der Waals surface area contributed by atoms with Crippen molar-refractivity contribution in [3.63, 3.8) is 0 Å². The number of allylic oxidation sites excluding steroid dienone is 4. The Hall–Kier alpha value is -1.67. The normalized spacial score (nSPS) is 16.0. The molecule has 2 rings (SSSR count). The first-order valence-corrected chi connectivity index (χ1v) is 6.84. The first-order chi connectivity index (χ1) is 9.20. The van der Waals surface area contributed by atoms with Crippen LogP contribution in [0.2, 0.25) is 0 Å². The van der Waals surface area contributed by atoms with E-state index in [0.29, 0.717) is 0 Å². The van der Waals surface area contributed by atoms with Gasteiger partial charge in [-0.3, -0.25) is 4.79 Å². The minimum absolute atomic E-state index is 0.0837. The molecule has 0 fully saturated rings. The summed E-state index contributed by atoms with van der Waals surface area (Å²) in [5.74, 6) is 0.185. The van der Waals surface area contributed by atoms with E-state index < -0.39 is 0 Å². The Bertz CT molecular complexity index is 496. The maximum Gasteiger partial charge on any atom is 0.147 e. The number of Topliss-reactive ketones (excluding diaryl/α,β-unsaturated/α-hetero) is 1. The number of benzene rings is 1. The maximum atomic E-state index is 11.4. The Balaban J connectivity index is 2.08. The fourth-order valence-corrected chi connectivity index (χ4v) is 2.35. The van der Waals surface area contributed by atoms with Crippen LogP contribution < -0.4 is 5.32 Å². The largest absolute Gasteiger partial charge is 0.310 e. The highest BCUT2D eigenvalue weighted by Gasteiger charge is 2.12. The van der Waals surface area contributed by atoms with Gasteiger partial charge in [0.15, 0.2) is 0 Å². The van der Waals surface area contributed by atoms with E-state index in [1.165, 1.54) is 16.7 Å². The third-order valence-electron chi connectivity index (χ3n) is 3.56. The van der Waals surface area contributed by atoms with Crippen molar-refractivity contribution in [3.8, 4) is 0 Å². The topological polar surface area (TPSA) is 29.1 Å². The van der Waals surface area contributed by atoms with E-state index in [4.69, 9.17) is 0 Å². The molecule has 1 aliphatic carbocycles. The zero-order valence-corrected chi connectivity index (χ0v) is 11.6. The van der Waals surface area contributed by atoms with Gasteiger partial charge in [-0.25, -0.2) is 0 Å². The Morgan fingerprint density at radius 1 is 1.26 bits per heavy atom. The highest BCUT2D eigenvalue weighted by Crippen LogP contribution is 2.21. The van der Waals surface area contributed by atoms with Crippen LogP contribution in [0.15, 0.2) is 42.5 Å². The Morgan fingerprint density at radius 2 is 2.00 bits per heavy atom. The van der Waals surface area contributed by atoms with E-state index in [-0.39, 0.29) is 11.8 Å². The maximum absolute atomic E-state index is 11.4. The third-order valence-corrected chi connectivity index (χ3v) is 3.56. The molecule has 1 N–H and O–H groups in total. The summed E-state index contributed by atoms with van der Waals surface area (Å²) in [6.07, 6.45) is 9.70. The van der Waals surface area contributed by atoms with Crippen molar-refractivity contribution in [1.29, 1.82) is 0 Å². The fraction of sp³-hybridized carbons (Fsp3) is 0.353. The molecule has 2 heteroatoms. The van der Waals surface area contributed by atoms with Gasteiger partial charge in [-0.1, -0.05) is 42.5 Å². The summed E-state index contributed by atoms with van der Waals surface area (Å²) in [5, 5.41) is 3.06. The Kier molecular flexibility index (Phi) is 4.69. The highest BCUT2D eigenvalue weighted by atomic mass is 16.1. The van der Waals surface area contributed by atoms with Crippen LogP contribution in [0.5, 0.6) is 0 Å². The van der Waals surface area contributed by atoms with Gasteiger partial charge in [-0.2, -0.15) is 0 Å². The molecule has 1 aromatic carbocycles. The molecule has 1 atom stereocenters. The van der Waals surface area contributed by atoms with Crippen molar-refractivity contribution in [3.05, 3.63) is 53.6 Å². The van der Waals surface area contributed by atoms with Crippen molar-refractivity contribution in [1.82, 2.24) is 5.32 Å². The Labute approximate surface area is 115 Å². The van der Waals surface area contributed by atoms with Gasteiger partial charge in [0.1, 0.15) is 5.78 Å². The second kappa shape index (κ2) is 6.48. The molecule has 1 unspecified atom stereocenters. The van der Waals surface area contributed by atoms with Gasteiger partial charge >= 0.3 is 0 Å². The van der Waals surface area contributed by atoms with E-state index in [0.717, 1.165) is 19.3 Å². The lowest BCUT2D eigenvalue weighted by molar-refractivity contribution is -0.118. The van der Waals surface area contributed by atoms with Crippen LogP contribution >= 0.6 is 0 Å².